The van der Waals surface area contributed by atoms with E-state index in [1.807, 2.05) is 0 Å². The summed E-state index contributed by atoms with van der Waals surface area (Å²) >= 11 is 0. The standard InChI is InChI=1S/C10H17NO4/c1-6-7(8(12)14-5)11-9(13)15-10(2,3)4/h6-7H,1H2,2-5H3,(H,11,13)/t7-/m1/s1. The van der Waals surface area contributed by atoms with Gasteiger partial charge in [0.25, 0.3) is 0 Å². The molecule has 0 spiro atoms. The minimum absolute atomic E-state index is 0.587. The molecule has 0 aliphatic rings. The lowest BCUT2D eigenvalue weighted by Crippen LogP contribution is -2.42. The van der Waals surface area contributed by atoms with E-state index in [1.54, 1.807) is 20.8 Å². The Morgan fingerprint density at radius 3 is 2.27 bits per heavy atom. The van der Waals surface area contributed by atoms with E-state index in [4.69, 9.17) is 4.74 Å². The van der Waals surface area contributed by atoms with E-state index in [0.29, 0.717) is 0 Å². The van der Waals surface area contributed by atoms with Crippen LogP contribution in [0.15, 0.2) is 12.7 Å². The Kier molecular flexibility index (Phi) is 4.84. The van der Waals surface area contributed by atoms with E-state index in [-0.39, 0.29) is 0 Å². The number of hydrogen-bond donors (Lipinski definition) is 1. The summed E-state index contributed by atoms with van der Waals surface area (Å²) < 4.78 is 9.41. The number of nitrogens with one attached hydrogen (secondary N) is 1. The van der Waals surface area contributed by atoms with E-state index < -0.39 is 23.7 Å². The molecular formula is C10H17NO4. The maximum Gasteiger partial charge on any atom is 0.408 e. The molecule has 0 aromatic rings. The smallest absolute Gasteiger partial charge is 0.408 e. The van der Waals surface area contributed by atoms with E-state index >= 15 is 0 Å². The first-order valence-electron chi connectivity index (χ1n) is 4.50. The van der Waals surface area contributed by atoms with Gasteiger partial charge < -0.3 is 14.8 Å². The van der Waals surface area contributed by atoms with Crippen molar-refractivity contribution < 1.29 is 19.1 Å². The molecule has 0 saturated carbocycles. The molecule has 0 saturated heterocycles. The molecule has 0 heterocycles. The lowest BCUT2D eigenvalue weighted by Gasteiger charge is -2.21. The molecule has 1 N–H and O–H groups in total. The van der Waals surface area contributed by atoms with Gasteiger partial charge in [0.15, 0.2) is 0 Å². The SMILES string of the molecule is C=C[C@@H](NC(=O)OC(C)(C)C)C(=O)OC. The monoisotopic (exact) mass is 215 g/mol. The van der Waals surface area contributed by atoms with Gasteiger partial charge in [0, 0.05) is 0 Å². The predicted octanol–water partition coefficient (Wildman–Crippen LogP) is 1.24. The van der Waals surface area contributed by atoms with Gasteiger partial charge in [0.05, 0.1) is 7.11 Å². The van der Waals surface area contributed by atoms with Crippen LogP contribution in [0.4, 0.5) is 4.79 Å². The van der Waals surface area contributed by atoms with Gasteiger partial charge in [-0.2, -0.15) is 0 Å². The Bertz CT molecular complexity index is 255. The van der Waals surface area contributed by atoms with E-state index in [1.165, 1.54) is 13.2 Å². The number of hydrogen-bond acceptors (Lipinski definition) is 4. The maximum absolute atomic E-state index is 11.3. The molecule has 0 aromatic carbocycles. The van der Waals surface area contributed by atoms with Gasteiger partial charge in [-0.15, -0.1) is 6.58 Å². The molecule has 0 unspecified atom stereocenters. The van der Waals surface area contributed by atoms with Crippen LogP contribution in [0, 0.1) is 0 Å². The highest BCUT2D eigenvalue weighted by Crippen LogP contribution is 2.06. The van der Waals surface area contributed by atoms with Crippen molar-refractivity contribution >= 4 is 12.1 Å². The summed E-state index contributed by atoms with van der Waals surface area (Å²) in [6.45, 7) is 8.60. The maximum atomic E-state index is 11.3. The zero-order chi connectivity index (χ0) is 12.1. The Balaban J connectivity index is 4.26. The van der Waals surface area contributed by atoms with E-state index in [9.17, 15) is 9.59 Å². The van der Waals surface area contributed by atoms with E-state index in [0.717, 1.165) is 0 Å². The van der Waals surface area contributed by atoms with Gasteiger partial charge >= 0.3 is 12.1 Å². The third-order valence-electron chi connectivity index (χ3n) is 1.36. The van der Waals surface area contributed by atoms with Gasteiger partial charge in [-0.25, -0.2) is 9.59 Å². The number of methoxy groups -OCH3 is 1. The normalized spacial score (nSPS) is 12.5. The molecule has 0 radical (unpaired) electrons. The largest absolute Gasteiger partial charge is 0.467 e. The number of carbonyl (C=O) groups excluding carboxylic acids is 2. The third kappa shape index (κ3) is 5.72. The summed E-state index contributed by atoms with van der Waals surface area (Å²) in [6, 6.07) is -0.884. The average Bonchev–Trinajstić information content (AvgIpc) is 2.10. The van der Waals surface area contributed by atoms with Crippen molar-refractivity contribution in [3.8, 4) is 0 Å². The van der Waals surface area contributed by atoms with Crippen molar-refractivity contribution in [2.45, 2.75) is 32.4 Å². The molecular weight excluding hydrogens is 198 g/mol. The zero-order valence-corrected chi connectivity index (χ0v) is 9.49. The van der Waals surface area contributed by atoms with Gasteiger partial charge in [0.1, 0.15) is 11.6 Å². The van der Waals surface area contributed by atoms with Crippen LogP contribution in [-0.4, -0.2) is 30.8 Å². The quantitative estimate of drug-likeness (QED) is 0.568. The number of ether oxygens (including phenoxy) is 2. The summed E-state index contributed by atoms with van der Waals surface area (Å²) in [7, 11) is 1.23. The molecule has 1 amide bonds. The Morgan fingerprint density at radius 1 is 1.40 bits per heavy atom. The zero-order valence-electron chi connectivity index (χ0n) is 9.49. The Hall–Kier alpha value is -1.52. The molecule has 5 nitrogen and oxygen atoms in total. The lowest BCUT2D eigenvalue weighted by atomic mass is 10.2. The first kappa shape index (κ1) is 13.5. The highest BCUT2D eigenvalue weighted by molar-refractivity contribution is 5.83. The summed E-state index contributed by atoms with van der Waals surface area (Å²) in [4.78, 5) is 22.3. The summed E-state index contributed by atoms with van der Waals surface area (Å²) in [5.74, 6) is -0.587. The second-order valence-electron chi connectivity index (χ2n) is 3.88. The van der Waals surface area contributed by atoms with Crippen molar-refractivity contribution in [3.05, 3.63) is 12.7 Å². The highest BCUT2D eigenvalue weighted by Gasteiger charge is 2.22. The molecule has 15 heavy (non-hydrogen) atoms. The first-order chi connectivity index (χ1) is 6.80. The Labute approximate surface area is 89.4 Å². The summed E-state index contributed by atoms with van der Waals surface area (Å²) in [6.07, 6.45) is 0.591. The molecule has 1 atom stereocenters. The second kappa shape index (κ2) is 5.38. The molecule has 0 aliphatic carbocycles. The van der Waals surface area contributed by atoms with Crippen molar-refractivity contribution in [1.82, 2.24) is 5.32 Å². The lowest BCUT2D eigenvalue weighted by molar-refractivity contribution is -0.141. The van der Waals surface area contributed by atoms with Crippen LogP contribution in [0.1, 0.15) is 20.8 Å². The van der Waals surface area contributed by atoms with E-state index in [2.05, 4.69) is 16.6 Å². The molecule has 0 aliphatic heterocycles. The summed E-state index contributed by atoms with van der Waals surface area (Å²) in [5.41, 5.74) is -0.605. The number of carbonyl (C=O) groups is 2. The predicted molar refractivity (Wildman–Crippen MR) is 55.4 cm³/mol. The molecule has 0 aromatic heterocycles. The van der Waals surface area contributed by atoms with Crippen LogP contribution in [0.3, 0.4) is 0 Å². The van der Waals surface area contributed by atoms with Crippen molar-refractivity contribution in [3.63, 3.8) is 0 Å². The molecule has 0 bridgehead atoms. The summed E-state index contributed by atoms with van der Waals surface area (Å²) in [5, 5.41) is 2.32. The molecule has 0 fully saturated rings. The minimum atomic E-state index is -0.884. The third-order valence-corrected chi connectivity index (χ3v) is 1.36. The van der Waals surface area contributed by atoms with Crippen LogP contribution in [-0.2, 0) is 14.3 Å². The average molecular weight is 215 g/mol. The van der Waals surface area contributed by atoms with Crippen LogP contribution >= 0.6 is 0 Å². The highest BCUT2D eigenvalue weighted by atomic mass is 16.6. The van der Waals surface area contributed by atoms with Crippen molar-refractivity contribution in [1.29, 1.82) is 0 Å². The van der Waals surface area contributed by atoms with Gasteiger partial charge in [-0.05, 0) is 20.8 Å². The number of alkyl carbamates (subject to hydrolysis) is 1. The van der Waals surface area contributed by atoms with Crippen LogP contribution < -0.4 is 5.32 Å². The topological polar surface area (TPSA) is 64.6 Å². The molecule has 5 heteroatoms. The number of rotatable bonds is 3. The van der Waals surface area contributed by atoms with Crippen LogP contribution in [0.2, 0.25) is 0 Å². The Morgan fingerprint density at radius 2 is 1.93 bits per heavy atom. The first-order valence-corrected chi connectivity index (χ1v) is 4.50. The molecule has 0 rings (SSSR count). The van der Waals surface area contributed by atoms with Gasteiger partial charge in [-0.3, -0.25) is 0 Å². The van der Waals surface area contributed by atoms with Crippen molar-refractivity contribution in [2.75, 3.05) is 7.11 Å². The van der Waals surface area contributed by atoms with Crippen LogP contribution in [0.25, 0.3) is 0 Å². The number of esters is 1. The van der Waals surface area contributed by atoms with Crippen LogP contribution in [0.5, 0.6) is 0 Å². The van der Waals surface area contributed by atoms with Crippen molar-refractivity contribution in [2.24, 2.45) is 0 Å². The second-order valence-corrected chi connectivity index (χ2v) is 3.88. The fourth-order valence-electron chi connectivity index (χ4n) is 0.776. The number of amides is 1. The van der Waals surface area contributed by atoms with Gasteiger partial charge in [-0.1, -0.05) is 6.08 Å². The molecule has 86 valence electrons. The van der Waals surface area contributed by atoms with Gasteiger partial charge in [0.2, 0.25) is 0 Å². The minimum Gasteiger partial charge on any atom is -0.467 e. The fraction of sp³-hybridized carbons (Fsp3) is 0.600. The fourth-order valence-corrected chi connectivity index (χ4v) is 0.776.